The van der Waals surface area contributed by atoms with Crippen LogP contribution in [0.4, 0.5) is 0 Å². The van der Waals surface area contributed by atoms with Gasteiger partial charge >= 0.3 is 0 Å². The molecule has 0 aliphatic carbocycles. The van der Waals surface area contributed by atoms with Crippen LogP contribution in [0.15, 0.2) is 30.3 Å². The second kappa shape index (κ2) is 7.87. The number of hydrogen-bond donors (Lipinski definition) is 0. The van der Waals surface area contributed by atoms with Gasteiger partial charge in [-0.15, -0.1) is 11.3 Å². The molecule has 2 rings (SSSR count). The maximum absolute atomic E-state index is 12.1. The van der Waals surface area contributed by atoms with Crippen LogP contribution < -0.4 is 0 Å². The number of fused-ring (bicyclic) bond motifs is 1. The molecule has 1 aromatic heterocycles. The lowest BCUT2D eigenvalue weighted by molar-refractivity contribution is -0.136. The van der Waals surface area contributed by atoms with Crippen molar-refractivity contribution < 1.29 is 9.59 Å². The molecule has 0 bridgehead atoms. The fourth-order valence-corrected chi connectivity index (χ4v) is 3.06. The minimum Gasteiger partial charge on any atom is -0.342 e. The summed E-state index contributed by atoms with van der Waals surface area (Å²) in [4.78, 5) is 31.7. The zero-order valence-electron chi connectivity index (χ0n) is 13.7. The number of rotatable bonds is 6. The molecule has 23 heavy (non-hydrogen) atoms. The highest BCUT2D eigenvalue weighted by Gasteiger charge is 2.14. The number of aromatic nitrogens is 1. The molecule has 1 heterocycles. The molecule has 1 aromatic carbocycles. The standard InChI is InChI=1S/C17H21N3O2S/c1-4-20(5-2)17(22)12-19(3)16(21)11-10-15-18-13-8-6-7-9-14(13)23-15/h6-11H,4-5,12H2,1-3H3/b11-10+. The fraction of sp³-hybridized carbons (Fsp3) is 0.353. The van der Waals surface area contributed by atoms with Gasteiger partial charge in [0.15, 0.2) is 0 Å². The number of likely N-dealkylation sites (N-methyl/N-ethyl adjacent to an activating group) is 2. The Hall–Kier alpha value is -2.21. The highest BCUT2D eigenvalue weighted by molar-refractivity contribution is 7.19. The molecular weight excluding hydrogens is 310 g/mol. The molecule has 0 N–H and O–H groups in total. The van der Waals surface area contributed by atoms with Crippen LogP contribution in [0.5, 0.6) is 0 Å². The molecule has 0 fully saturated rings. The number of amides is 2. The van der Waals surface area contributed by atoms with Gasteiger partial charge in [0.2, 0.25) is 11.8 Å². The largest absolute Gasteiger partial charge is 0.342 e. The van der Waals surface area contributed by atoms with Crippen LogP contribution in [0, 0.1) is 0 Å². The van der Waals surface area contributed by atoms with E-state index in [1.165, 1.54) is 22.3 Å². The Balaban J connectivity index is 1.98. The summed E-state index contributed by atoms with van der Waals surface area (Å²) in [6.07, 6.45) is 3.17. The molecule has 2 aromatic rings. The van der Waals surface area contributed by atoms with Gasteiger partial charge in [-0.25, -0.2) is 4.98 Å². The Morgan fingerprint density at radius 3 is 2.57 bits per heavy atom. The zero-order valence-corrected chi connectivity index (χ0v) is 14.5. The van der Waals surface area contributed by atoms with Crippen LogP contribution in [-0.4, -0.2) is 53.3 Å². The maximum Gasteiger partial charge on any atom is 0.246 e. The first kappa shape index (κ1) is 17.1. The van der Waals surface area contributed by atoms with Crippen LogP contribution in [-0.2, 0) is 9.59 Å². The number of carbonyl (C=O) groups excluding carboxylic acids is 2. The van der Waals surface area contributed by atoms with Gasteiger partial charge in [-0.1, -0.05) is 12.1 Å². The second-order valence-corrected chi connectivity index (χ2v) is 6.18. The molecule has 0 spiro atoms. The second-order valence-electron chi connectivity index (χ2n) is 5.11. The SMILES string of the molecule is CCN(CC)C(=O)CN(C)C(=O)/C=C/c1nc2ccccc2s1. The summed E-state index contributed by atoms with van der Waals surface area (Å²) in [6.45, 7) is 5.25. The third kappa shape index (κ3) is 4.39. The van der Waals surface area contributed by atoms with Gasteiger partial charge in [-0.05, 0) is 32.1 Å². The molecule has 2 amide bonds. The topological polar surface area (TPSA) is 53.5 Å². The minimum absolute atomic E-state index is 0.0424. The van der Waals surface area contributed by atoms with Gasteiger partial charge in [-0.3, -0.25) is 9.59 Å². The Morgan fingerprint density at radius 2 is 1.91 bits per heavy atom. The van der Waals surface area contributed by atoms with Crippen molar-refractivity contribution >= 4 is 39.4 Å². The molecule has 122 valence electrons. The van der Waals surface area contributed by atoms with E-state index >= 15 is 0 Å². The van der Waals surface area contributed by atoms with Crippen molar-refractivity contribution in [1.82, 2.24) is 14.8 Å². The van der Waals surface area contributed by atoms with E-state index in [4.69, 9.17) is 0 Å². The zero-order chi connectivity index (χ0) is 16.8. The molecule has 5 nitrogen and oxygen atoms in total. The Labute approximate surface area is 140 Å². The summed E-state index contributed by atoms with van der Waals surface area (Å²) >= 11 is 1.53. The van der Waals surface area contributed by atoms with Crippen molar-refractivity contribution in [2.24, 2.45) is 0 Å². The van der Waals surface area contributed by atoms with E-state index in [0.29, 0.717) is 13.1 Å². The number of carbonyl (C=O) groups is 2. The Bertz CT molecular complexity index is 686. The molecule has 0 saturated heterocycles. The van der Waals surface area contributed by atoms with Crippen LogP contribution in [0.25, 0.3) is 16.3 Å². The monoisotopic (exact) mass is 331 g/mol. The number of thiazole rings is 1. The first-order valence-electron chi connectivity index (χ1n) is 7.61. The van der Waals surface area contributed by atoms with E-state index in [2.05, 4.69) is 4.98 Å². The van der Waals surface area contributed by atoms with Gasteiger partial charge in [0, 0.05) is 26.2 Å². The van der Waals surface area contributed by atoms with Crippen LogP contribution in [0.2, 0.25) is 0 Å². The van der Waals surface area contributed by atoms with E-state index in [1.807, 2.05) is 38.1 Å². The molecule has 6 heteroatoms. The molecule has 0 atom stereocenters. The molecule has 0 unspecified atom stereocenters. The number of hydrogen-bond acceptors (Lipinski definition) is 4. The third-order valence-electron chi connectivity index (χ3n) is 3.54. The quantitative estimate of drug-likeness (QED) is 0.765. The lowest BCUT2D eigenvalue weighted by Gasteiger charge is -2.22. The van der Waals surface area contributed by atoms with Crippen molar-refractivity contribution in [3.8, 4) is 0 Å². The van der Waals surface area contributed by atoms with Gasteiger partial charge < -0.3 is 9.80 Å². The number of para-hydroxylation sites is 1. The fourth-order valence-electron chi connectivity index (χ4n) is 2.19. The summed E-state index contributed by atoms with van der Waals surface area (Å²) in [7, 11) is 1.63. The highest BCUT2D eigenvalue weighted by Crippen LogP contribution is 2.22. The lowest BCUT2D eigenvalue weighted by Crippen LogP contribution is -2.40. The average Bonchev–Trinajstić information content (AvgIpc) is 2.96. The Morgan fingerprint density at radius 1 is 1.22 bits per heavy atom. The smallest absolute Gasteiger partial charge is 0.246 e. The maximum atomic E-state index is 12.1. The van der Waals surface area contributed by atoms with E-state index in [-0.39, 0.29) is 18.4 Å². The summed E-state index contributed by atoms with van der Waals surface area (Å²) < 4.78 is 1.09. The van der Waals surface area contributed by atoms with Crippen LogP contribution in [0.1, 0.15) is 18.9 Å². The summed E-state index contributed by atoms with van der Waals surface area (Å²) in [5, 5.41) is 0.781. The van der Waals surface area contributed by atoms with Crippen LogP contribution >= 0.6 is 11.3 Å². The van der Waals surface area contributed by atoms with E-state index in [1.54, 1.807) is 18.0 Å². The van der Waals surface area contributed by atoms with Crippen molar-refractivity contribution in [3.63, 3.8) is 0 Å². The van der Waals surface area contributed by atoms with Crippen molar-refractivity contribution in [1.29, 1.82) is 0 Å². The molecular formula is C17H21N3O2S. The van der Waals surface area contributed by atoms with Crippen molar-refractivity contribution in [2.45, 2.75) is 13.8 Å². The van der Waals surface area contributed by atoms with Crippen molar-refractivity contribution in [3.05, 3.63) is 35.3 Å². The Kier molecular flexibility index (Phi) is 5.87. The molecule has 0 saturated carbocycles. The average molecular weight is 331 g/mol. The highest BCUT2D eigenvalue weighted by atomic mass is 32.1. The predicted octanol–water partition coefficient (Wildman–Crippen LogP) is 2.64. The number of nitrogens with zero attached hydrogens (tertiary/aromatic N) is 3. The minimum atomic E-state index is -0.204. The molecule has 0 aliphatic rings. The van der Waals surface area contributed by atoms with Gasteiger partial charge in [-0.2, -0.15) is 0 Å². The first-order chi connectivity index (χ1) is 11.0. The van der Waals surface area contributed by atoms with E-state index < -0.39 is 0 Å². The van der Waals surface area contributed by atoms with Gasteiger partial charge in [0.25, 0.3) is 0 Å². The summed E-state index contributed by atoms with van der Waals surface area (Å²) in [6, 6.07) is 7.85. The first-order valence-corrected chi connectivity index (χ1v) is 8.43. The lowest BCUT2D eigenvalue weighted by atomic mass is 10.3. The summed E-state index contributed by atoms with van der Waals surface area (Å²) in [5.74, 6) is -0.246. The van der Waals surface area contributed by atoms with Crippen LogP contribution in [0.3, 0.4) is 0 Å². The van der Waals surface area contributed by atoms with Gasteiger partial charge in [0.1, 0.15) is 5.01 Å². The normalized spacial score (nSPS) is 11.1. The molecule has 0 radical (unpaired) electrons. The predicted molar refractivity (Wildman–Crippen MR) is 94.2 cm³/mol. The third-order valence-corrected chi connectivity index (χ3v) is 4.55. The van der Waals surface area contributed by atoms with E-state index in [9.17, 15) is 9.59 Å². The van der Waals surface area contributed by atoms with E-state index in [0.717, 1.165) is 15.2 Å². The number of benzene rings is 1. The molecule has 0 aliphatic heterocycles. The van der Waals surface area contributed by atoms with Gasteiger partial charge in [0.05, 0.1) is 16.8 Å². The summed E-state index contributed by atoms with van der Waals surface area (Å²) in [5.41, 5.74) is 0.926. The van der Waals surface area contributed by atoms with Crippen molar-refractivity contribution in [2.75, 3.05) is 26.7 Å².